The Hall–Kier alpha value is -1.88. The van der Waals surface area contributed by atoms with Crippen molar-refractivity contribution in [2.45, 2.75) is 18.4 Å². The number of nitrogens with zero attached hydrogens (tertiary/aromatic N) is 2. The van der Waals surface area contributed by atoms with Crippen molar-refractivity contribution in [1.29, 1.82) is 0 Å². The van der Waals surface area contributed by atoms with E-state index in [1.165, 1.54) is 12.1 Å². The monoisotopic (exact) mass is 262 g/mol. The third kappa shape index (κ3) is 2.00. The zero-order chi connectivity index (χ0) is 13.5. The summed E-state index contributed by atoms with van der Waals surface area (Å²) in [6, 6.07) is 3.55. The Labute approximate surface area is 109 Å². The van der Waals surface area contributed by atoms with Gasteiger partial charge in [-0.25, -0.2) is 8.78 Å². The highest BCUT2D eigenvalue weighted by Crippen LogP contribution is 2.50. The molecule has 1 aromatic heterocycles. The Bertz CT molecular complexity index is 600. The van der Waals surface area contributed by atoms with Crippen molar-refractivity contribution in [2.24, 2.45) is 0 Å². The summed E-state index contributed by atoms with van der Waals surface area (Å²) >= 11 is 0. The summed E-state index contributed by atoms with van der Waals surface area (Å²) in [6.07, 6.45) is 4.80. The van der Waals surface area contributed by atoms with Crippen molar-refractivity contribution in [3.63, 3.8) is 0 Å². The van der Waals surface area contributed by atoms with Gasteiger partial charge in [0.15, 0.2) is 0 Å². The number of halogens is 2. The van der Waals surface area contributed by atoms with E-state index < -0.39 is 17.2 Å². The zero-order valence-electron chi connectivity index (χ0n) is 10.3. The van der Waals surface area contributed by atoms with Crippen molar-refractivity contribution in [2.75, 3.05) is 6.61 Å². The molecule has 2 aromatic rings. The molecule has 1 aliphatic heterocycles. The number of hydrogen-bond donors (Lipinski definition) is 0. The van der Waals surface area contributed by atoms with Gasteiger partial charge in [0.2, 0.25) is 0 Å². The molecule has 0 N–H and O–H groups in total. The van der Waals surface area contributed by atoms with Crippen LogP contribution < -0.4 is 0 Å². The lowest BCUT2D eigenvalue weighted by Crippen LogP contribution is -2.20. The first-order valence-corrected chi connectivity index (χ1v) is 5.99. The van der Waals surface area contributed by atoms with E-state index in [4.69, 9.17) is 4.74 Å². The fourth-order valence-electron chi connectivity index (χ4n) is 2.32. The van der Waals surface area contributed by atoms with E-state index in [1.54, 1.807) is 18.6 Å². The number of hydrogen-bond acceptors (Lipinski definition) is 3. The molecule has 1 fully saturated rings. The highest BCUT2D eigenvalue weighted by Gasteiger charge is 2.53. The number of rotatable bonds is 3. The molecule has 1 saturated heterocycles. The van der Waals surface area contributed by atoms with Gasteiger partial charge in [-0.1, -0.05) is 13.0 Å². The molecule has 0 spiro atoms. The van der Waals surface area contributed by atoms with Gasteiger partial charge in [-0.05, 0) is 6.07 Å². The van der Waals surface area contributed by atoms with Crippen LogP contribution in [0.2, 0.25) is 0 Å². The maximum Gasteiger partial charge on any atom is 0.132 e. The number of epoxide rings is 1. The quantitative estimate of drug-likeness (QED) is 0.798. The van der Waals surface area contributed by atoms with Crippen LogP contribution in [0, 0.1) is 11.6 Å². The van der Waals surface area contributed by atoms with Crippen molar-refractivity contribution in [1.82, 2.24) is 9.97 Å². The van der Waals surface area contributed by atoms with Crippen molar-refractivity contribution in [3.05, 3.63) is 59.7 Å². The van der Waals surface area contributed by atoms with E-state index >= 15 is 0 Å². The van der Waals surface area contributed by atoms with Gasteiger partial charge in [0.25, 0.3) is 0 Å². The third-order valence-corrected chi connectivity index (χ3v) is 3.57. The molecule has 3 nitrogen and oxygen atoms in total. The van der Waals surface area contributed by atoms with Crippen molar-refractivity contribution in [3.8, 4) is 0 Å². The molecular weight excluding hydrogens is 250 g/mol. The Morgan fingerprint density at radius 3 is 2.68 bits per heavy atom. The summed E-state index contributed by atoms with van der Waals surface area (Å²) in [5, 5.41) is 0. The minimum absolute atomic E-state index is 0.152. The number of benzene rings is 1. The molecule has 0 radical (unpaired) electrons. The minimum atomic E-state index is -0.756. The largest absolute Gasteiger partial charge is 0.364 e. The third-order valence-electron chi connectivity index (χ3n) is 3.57. The van der Waals surface area contributed by atoms with Gasteiger partial charge in [0, 0.05) is 36.1 Å². The smallest absolute Gasteiger partial charge is 0.132 e. The Kier molecular flexibility index (Phi) is 2.78. The topological polar surface area (TPSA) is 38.3 Å². The molecule has 0 aliphatic carbocycles. The van der Waals surface area contributed by atoms with E-state index in [0.717, 1.165) is 11.8 Å². The second-order valence-electron chi connectivity index (χ2n) is 4.65. The van der Waals surface area contributed by atoms with E-state index in [2.05, 4.69) is 9.97 Å². The lowest BCUT2D eigenvalue weighted by Gasteiger charge is -2.20. The first-order chi connectivity index (χ1) is 9.13. The molecule has 3 rings (SSSR count). The van der Waals surface area contributed by atoms with Gasteiger partial charge < -0.3 is 4.74 Å². The summed E-state index contributed by atoms with van der Waals surface area (Å²) in [6.45, 7) is 2.30. The molecular formula is C14H12F2N2O. The van der Waals surface area contributed by atoms with Gasteiger partial charge in [0.05, 0.1) is 12.3 Å². The van der Waals surface area contributed by atoms with Gasteiger partial charge in [-0.3, -0.25) is 9.97 Å². The fraction of sp³-hybridized carbons (Fsp3) is 0.286. The molecule has 2 unspecified atom stereocenters. The predicted molar refractivity (Wildman–Crippen MR) is 64.4 cm³/mol. The van der Waals surface area contributed by atoms with Crippen LogP contribution in [0.4, 0.5) is 8.78 Å². The van der Waals surface area contributed by atoms with E-state index in [-0.39, 0.29) is 5.92 Å². The van der Waals surface area contributed by atoms with Crippen LogP contribution in [-0.4, -0.2) is 16.6 Å². The Morgan fingerprint density at radius 2 is 2.11 bits per heavy atom. The maximum absolute atomic E-state index is 13.9. The Balaban J connectivity index is 1.99. The maximum atomic E-state index is 13.9. The van der Waals surface area contributed by atoms with E-state index in [1.807, 2.05) is 6.92 Å². The van der Waals surface area contributed by atoms with Crippen LogP contribution in [0.5, 0.6) is 0 Å². The summed E-state index contributed by atoms with van der Waals surface area (Å²) in [7, 11) is 0. The van der Waals surface area contributed by atoms with Crippen LogP contribution in [0.25, 0.3) is 0 Å². The van der Waals surface area contributed by atoms with Crippen LogP contribution in [0.15, 0.2) is 36.8 Å². The van der Waals surface area contributed by atoms with Crippen LogP contribution in [0.1, 0.15) is 24.1 Å². The highest BCUT2D eigenvalue weighted by atomic mass is 19.1. The van der Waals surface area contributed by atoms with Crippen LogP contribution in [0.3, 0.4) is 0 Å². The minimum Gasteiger partial charge on any atom is -0.364 e. The first kappa shape index (κ1) is 12.2. The Morgan fingerprint density at radius 1 is 1.32 bits per heavy atom. The molecule has 5 heteroatoms. The molecule has 1 aliphatic rings. The van der Waals surface area contributed by atoms with Crippen LogP contribution >= 0.6 is 0 Å². The molecule has 0 bridgehead atoms. The van der Waals surface area contributed by atoms with Gasteiger partial charge >= 0.3 is 0 Å². The fourth-order valence-corrected chi connectivity index (χ4v) is 2.32. The standard InChI is InChI=1S/C14H12F2N2O/c1-9(13-7-17-4-5-18-13)14(8-19-14)11-3-2-10(15)6-12(11)16/h2-7,9H,8H2,1H3. The molecule has 1 aromatic carbocycles. The van der Waals surface area contributed by atoms with E-state index in [0.29, 0.717) is 12.2 Å². The van der Waals surface area contributed by atoms with Gasteiger partial charge in [-0.2, -0.15) is 0 Å². The van der Waals surface area contributed by atoms with Crippen LogP contribution in [-0.2, 0) is 10.3 Å². The van der Waals surface area contributed by atoms with Gasteiger partial charge in [0.1, 0.15) is 17.2 Å². The number of ether oxygens (including phenoxy) is 1. The van der Waals surface area contributed by atoms with Crippen molar-refractivity contribution < 1.29 is 13.5 Å². The SMILES string of the molecule is CC(c1cnccn1)C1(c2ccc(F)cc2F)CO1. The normalized spacial score (nSPS) is 23.1. The average Bonchev–Trinajstić information content (AvgIpc) is 3.20. The molecule has 98 valence electrons. The summed E-state index contributed by atoms with van der Waals surface area (Å²) in [5.41, 5.74) is 0.337. The summed E-state index contributed by atoms with van der Waals surface area (Å²) in [4.78, 5) is 8.22. The second kappa shape index (κ2) is 4.35. The highest BCUT2D eigenvalue weighted by molar-refractivity contribution is 5.33. The van der Waals surface area contributed by atoms with E-state index in [9.17, 15) is 8.78 Å². The molecule has 0 amide bonds. The lowest BCUT2D eigenvalue weighted by atomic mass is 9.85. The summed E-state index contributed by atoms with van der Waals surface area (Å²) in [5.74, 6) is -1.33. The lowest BCUT2D eigenvalue weighted by molar-refractivity contribution is 0.264. The molecule has 19 heavy (non-hydrogen) atoms. The molecule has 2 heterocycles. The summed E-state index contributed by atoms with van der Waals surface area (Å²) < 4.78 is 32.4. The predicted octanol–water partition coefficient (Wildman–Crippen LogP) is 2.78. The molecule has 0 saturated carbocycles. The van der Waals surface area contributed by atoms with Crippen molar-refractivity contribution >= 4 is 0 Å². The first-order valence-electron chi connectivity index (χ1n) is 5.99. The second-order valence-corrected chi connectivity index (χ2v) is 4.65. The zero-order valence-corrected chi connectivity index (χ0v) is 10.3. The van der Waals surface area contributed by atoms with Gasteiger partial charge in [-0.15, -0.1) is 0 Å². The number of aromatic nitrogens is 2. The molecule has 2 atom stereocenters. The average molecular weight is 262 g/mol.